The van der Waals surface area contributed by atoms with Crippen molar-refractivity contribution < 1.29 is 14.8 Å². The molecular formula is C8H6NO4. The number of rotatable bonds is 3. The molecule has 1 aromatic rings. The zero-order valence-corrected chi connectivity index (χ0v) is 6.60. The van der Waals surface area contributed by atoms with Crippen LogP contribution >= 0.6 is 0 Å². The smallest absolute Gasteiger partial charge is 0.258 e. The third-order valence-electron chi connectivity index (χ3n) is 1.50. The molecule has 0 aliphatic carbocycles. The predicted molar refractivity (Wildman–Crippen MR) is 42.5 cm³/mol. The number of nitrogens with zero attached hydrogens (tertiary/aromatic N) is 1. The Labute approximate surface area is 73.8 Å². The molecule has 0 spiro atoms. The second kappa shape index (κ2) is 3.66. The quantitative estimate of drug-likeness (QED) is 0.515. The maximum atomic E-state index is 10.2. The predicted octanol–water partition coefficient (Wildman–Crippen LogP) is 1.09. The molecule has 0 aliphatic rings. The van der Waals surface area contributed by atoms with E-state index < -0.39 is 10.9 Å². The van der Waals surface area contributed by atoms with Crippen LogP contribution in [0.25, 0.3) is 0 Å². The summed E-state index contributed by atoms with van der Waals surface area (Å²) in [7, 11) is 0. The molecule has 0 N–H and O–H groups in total. The molecular weight excluding hydrogens is 174 g/mol. The van der Waals surface area contributed by atoms with Crippen LogP contribution in [0.3, 0.4) is 0 Å². The first-order valence-electron chi connectivity index (χ1n) is 3.53. The van der Waals surface area contributed by atoms with E-state index in [-0.39, 0.29) is 12.1 Å². The van der Waals surface area contributed by atoms with Crippen LogP contribution in [0.4, 0.5) is 5.69 Å². The lowest BCUT2D eigenvalue weighted by molar-refractivity contribution is -0.384. The SMILES string of the molecule is [O]C(=O)Cc1ccc([N+](=O)[O-])cc1. The molecule has 5 heteroatoms. The summed E-state index contributed by atoms with van der Waals surface area (Å²) in [5.74, 6) is -1.20. The van der Waals surface area contributed by atoms with Crippen molar-refractivity contribution in [1.82, 2.24) is 0 Å². The van der Waals surface area contributed by atoms with E-state index in [9.17, 15) is 20.0 Å². The minimum absolute atomic E-state index is 0.0536. The summed E-state index contributed by atoms with van der Waals surface area (Å²) in [5, 5.41) is 20.4. The zero-order chi connectivity index (χ0) is 9.84. The normalized spacial score (nSPS) is 9.54. The van der Waals surface area contributed by atoms with Gasteiger partial charge >= 0.3 is 5.97 Å². The molecule has 0 aliphatic heterocycles. The Bertz CT molecular complexity index is 331. The number of carbonyl (C=O) groups is 1. The lowest BCUT2D eigenvalue weighted by Crippen LogP contribution is -1.98. The van der Waals surface area contributed by atoms with Gasteiger partial charge in [-0.3, -0.25) is 10.1 Å². The first-order chi connectivity index (χ1) is 6.09. The highest BCUT2D eigenvalue weighted by atomic mass is 16.6. The summed E-state index contributed by atoms with van der Waals surface area (Å²) in [6.45, 7) is 0. The van der Waals surface area contributed by atoms with E-state index in [4.69, 9.17) is 0 Å². The van der Waals surface area contributed by atoms with E-state index in [1.54, 1.807) is 0 Å². The van der Waals surface area contributed by atoms with E-state index in [1.165, 1.54) is 24.3 Å². The van der Waals surface area contributed by atoms with E-state index in [0.29, 0.717) is 5.56 Å². The number of non-ortho nitro benzene ring substituents is 1. The van der Waals surface area contributed by atoms with Gasteiger partial charge in [-0.1, -0.05) is 12.1 Å². The highest BCUT2D eigenvalue weighted by molar-refractivity contribution is 5.69. The van der Waals surface area contributed by atoms with Crippen LogP contribution in [0.2, 0.25) is 0 Å². The Hall–Kier alpha value is -1.91. The molecule has 1 aromatic carbocycles. The molecule has 13 heavy (non-hydrogen) atoms. The minimum atomic E-state index is -1.20. The van der Waals surface area contributed by atoms with Crippen molar-refractivity contribution in [3.05, 3.63) is 39.9 Å². The highest BCUT2D eigenvalue weighted by Gasteiger charge is 2.06. The molecule has 0 heterocycles. The average molecular weight is 180 g/mol. The van der Waals surface area contributed by atoms with Crippen LogP contribution in [0.5, 0.6) is 0 Å². The van der Waals surface area contributed by atoms with Gasteiger partial charge in [0.1, 0.15) is 0 Å². The first-order valence-corrected chi connectivity index (χ1v) is 3.53. The Morgan fingerprint density at radius 2 is 1.85 bits per heavy atom. The molecule has 0 aromatic heterocycles. The van der Waals surface area contributed by atoms with Crippen molar-refractivity contribution in [2.24, 2.45) is 0 Å². The zero-order valence-electron chi connectivity index (χ0n) is 6.60. The van der Waals surface area contributed by atoms with Gasteiger partial charge in [-0.25, -0.2) is 9.90 Å². The minimum Gasteiger partial charge on any atom is -0.258 e. The fourth-order valence-corrected chi connectivity index (χ4v) is 0.902. The maximum absolute atomic E-state index is 10.2. The molecule has 0 amide bonds. The Kier molecular flexibility index (Phi) is 2.59. The van der Waals surface area contributed by atoms with Crippen molar-refractivity contribution in [1.29, 1.82) is 0 Å². The Morgan fingerprint density at radius 1 is 1.31 bits per heavy atom. The van der Waals surface area contributed by atoms with Gasteiger partial charge in [0.2, 0.25) is 0 Å². The molecule has 67 valence electrons. The van der Waals surface area contributed by atoms with Gasteiger partial charge in [0.25, 0.3) is 5.69 Å². The van der Waals surface area contributed by atoms with Crippen molar-refractivity contribution in [3.63, 3.8) is 0 Å². The number of nitro groups is 1. The number of hydrogen-bond donors (Lipinski definition) is 0. The van der Waals surface area contributed by atoms with Crippen LogP contribution in [-0.2, 0) is 16.3 Å². The van der Waals surface area contributed by atoms with Crippen molar-refractivity contribution >= 4 is 11.7 Å². The summed E-state index contributed by atoms with van der Waals surface area (Å²) >= 11 is 0. The van der Waals surface area contributed by atoms with Gasteiger partial charge in [-0.15, -0.1) is 0 Å². The van der Waals surface area contributed by atoms with Gasteiger partial charge in [0, 0.05) is 12.1 Å². The summed E-state index contributed by atoms with van der Waals surface area (Å²) in [5.41, 5.74) is 0.438. The molecule has 0 unspecified atom stereocenters. The van der Waals surface area contributed by atoms with Gasteiger partial charge in [0.15, 0.2) is 0 Å². The van der Waals surface area contributed by atoms with Crippen molar-refractivity contribution in [3.8, 4) is 0 Å². The van der Waals surface area contributed by atoms with E-state index in [2.05, 4.69) is 0 Å². The molecule has 0 fully saturated rings. The van der Waals surface area contributed by atoms with Crippen LogP contribution in [-0.4, -0.2) is 10.9 Å². The highest BCUT2D eigenvalue weighted by Crippen LogP contribution is 2.11. The van der Waals surface area contributed by atoms with E-state index in [0.717, 1.165) is 0 Å². The van der Waals surface area contributed by atoms with Gasteiger partial charge < -0.3 is 0 Å². The fourth-order valence-electron chi connectivity index (χ4n) is 0.902. The standard InChI is InChI=1S/C8H6NO4/c10-8(11)5-6-1-3-7(4-2-6)9(12)13/h1-4H,5H2. The largest absolute Gasteiger partial charge is 0.359 e. The lowest BCUT2D eigenvalue weighted by Gasteiger charge is -1.94. The molecule has 0 bridgehead atoms. The number of carbonyl (C=O) groups excluding carboxylic acids is 1. The van der Waals surface area contributed by atoms with Crippen molar-refractivity contribution in [2.45, 2.75) is 6.42 Å². The van der Waals surface area contributed by atoms with Crippen LogP contribution in [0, 0.1) is 10.1 Å². The van der Waals surface area contributed by atoms with Crippen molar-refractivity contribution in [2.75, 3.05) is 0 Å². The average Bonchev–Trinajstić information content (AvgIpc) is 2.04. The lowest BCUT2D eigenvalue weighted by atomic mass is 10.1. The fraction of sp³-hybridized carbons (Fsp3) is 0.125. The third kappa shape index (κ3) is 2.55. The van der Waals surface area contributed by atoms with Crippen LogP contribution in [0.15, 0.2) is 24.3 Å². The second-order valence-corrected chi connectivity index (χ2v) is 2.47. The summed E-state index contributed by atoms with van der Waals surface area (Å²) in [6, 6.07) is 5.32. The topological polar surface area (TPSA) is 80.1 Å². The maximum Gasteiger partial charge on any atom is 0.359 e. The molecule has 0 saturated carbocycles. The van der Waals surface area contributed by atoms with Crippen LogP contribution < -0.4 is 0 Å². The van der Waals surface area contributed by atoms with E-state index in [1.807, 2.05) is 0 Å². The summed E-state index contributed by atoms with van der Waals surface area (Å²) < 4.78 is 0. The monoisotopic (exact) mass is 180 g/mol. The Balaban J connectivity index is 2.81. The number of hydrogen-bond acceptors (Lipinski definition) is 3. The van der Waals surface area contributed by atoms with Gasteiger partial charge in [-0.05, 0) is 5.56 Å². The van der Waals surface area contributed by atoms with E-state index >= 15 is 0 Å². The molecule has 0 atom stereocenters. The van der Waals surface area contributed by atoms with Crippen LogP contribution in [0.1, 0.15) is 5.56 Å². The molecule has 1 radical (unpaired) electrons. The van der Waals surface area contributed by atoms with Gasteiger partial charge in [-0.2, -0.15) is 0 Å². The second-order valence-electron chi connectivity index (χ2n) is 2.47. The third-order valence-corrected chi connectivity index (χ3v) is 1.50. The molecule has 0 saturated heterocycles. The van der Waals surface area contributed by atoms with Gasteiger partial charge in [0.05, 0.1) is 11.3 Å². The molecule has 5 nitrogen and oxygen atoms in total. The Morgan fingerprint density at radius 3 is 2.23 bits per heavy atom. The summed E-state index contributed by atoms with van der Waals surface area (Å²) in [6.07, 6.45) is -0.224. The number of benzene rings is 1. The first kappa shape index (κ1) is 9.18. The summed E-state index contributed by atoms with van der Waals surface area (Å²) in [4.78, 5) is 19.8. The number of nitro benzene ring substituents is 1. The molecule has 1 rings (SSSR count).